The van der Waals surface area contributed by atoms with Crippen LogP contribution >= 0.6 is 11.6 Å². The largest absolute Gasteiger partial charge is 0.508 e. The van der Waals surface area contributed by atoms with Crippen molar-refractivity contribution in [1.29, 1.82) is 0 Å². The van der Waals surface area contributed by atoms with Crippen LogP contribution in [-0.2, 0) is 16.0 Å². The number of carbonyl (C=O) groups is 1. The SMILES string of the molecule is O=C1COC(c2cn(-c3ccc(F)cc3)nc2-c2ccc(Cl)cc2)N1CCc1ccc(O)cc1. The van der Waals surface area contributed by atoms with Gasteiger partial charge in [0.15, 0.2) is 6.23 Å². The molecule has 4 aromatic rings. The molecule has 2 heterocycles. The third-order valence-electron chi connectivity index (χ3n) is 5.76. The maximum absolute atomic E-state index is 13.5. The quantitative estimate of drug-likeness (QED) is 0.417. The van der Waals surface area contributed by atoms with E-state index in [-0.39, 0.29) is 24.1 Å². The number of aromatic nitrogens is 2. The number of hydrogen-bond acceptors (Lipinski definition) is 4. The van der Waals surface area contributed by atoms with Gasteiger partial charge in [0, 0.05) is 28.9 Å². The molecule has 1 aromatic heterocycles. The van der Waals surface area contributed by atoms with Crippen LogP contribution in [0, 0.1) is 5.82 Å². The number of amides is 1. The van der Waals surface area contributed by atoms with Crippen molar-refractivity contribution in [3.63, 3.8) is 0 Å². The molecular formula is C26H21ClFN3O3. The first-order chi connectivity index (χ1) is 16.5. The lowest BCUT2D eigenvalue weighted by molar-refractivity contribution is -0.128. The Labute approximate surface area is 200 Å². The fraction of sp³-hybridized carbons (Fsp3) is 0.154. The van der Waals surface area contributed by atoms with Crippen molar-refractivity contribution < 1.29 is 19.0 Å². The molecule has 0 saturated carbocycles. The van der Waals surface area contributed by atoms with Gasteiger partial charge < -0.3 is 14.7 Å². The van der Waals surface area contributed by atoms with Crippen LogP contribution < -0.4 is 0 Å². The lowest BCUT2D eigenvalue weighted by Crippen LogP contribution is -2.30. The number of hydrogen-bond donors (Lipinski definition) is 1. The number of halogens is 2. The molecule has 1 saturated heterocycles. The third-order valence-corrected chi connectivity index (χ3v) is 6.02. The Morgan fingerprint density at radius 3 is 2.44 bits per heavy atom. The Bertz CT molecular complexity index is 1300. The third kappa shape index (κ3) is 4.53. The summed E-state index contributed by atoms with van der Waals surface area (Å²) >= 11 is 6.08. The molecule has 0 aliphatic carbocycles. The summed E-state index contributed by atoms with van der Waals surface area (Å²) in [6, 6.07) is 20.2. The molecule has 1 aliphatic heterocycles. The van der Waals surface area contributed by atoms with Crippen molar-refractivity contribution in [2.24, 2.45) is 0 Å². The van der Waals surface area contributed by atoms with E-state index in [0.717, 1.165) is 16.7 Å². The van der Waals surface area contributed by atoms with Gasteiger partial charge >= 0.3 is 0 Å². The molecule has 1 aliphatic rings. The number of aromatic hydroxyl groups is 1. The van der Waals surface area contributed by atoms with Gasteiger partial charge in [0.2, 0.25) is 0 Å². The van der Waals surface area contributed by atoms with Crippen molar-refractivity contribution >= 4 is 17.5 Å². The summed E-state index contributed by atoms with van der Waals surface area (Å²) < 4.78 is 21.0. The van der Waals surface area contributed by atoms with Gasteiger partial charge in [-0.05, 0) is 60.5 Å². The summed E-state index contributed by atoms with van der Waals surface area (Å²) in [6.45, 7) is 0.415. The number of benzene rings is 3. The zero-order valence-electron chi connectivity index (χ0n) is 18.1. The zero-order valence-corrected chi connectivity index (χ0v) is 18.8. The summed E-state index contributed by atoms with van der Waals surface area (Å²) in [4.78, 5) is 14.4. The van der Waals surface area contributed by atoms with Crippen LogP contribution in [0.1, 0.15) is 17.4 Å². The average molecular weight is 478 g/mol. The van der Waals surface area contributed by atoms with Gasteiger partial charge in [0.05, 0.1) is 5.69 Å². The first-order valence-electron chi connectivity index (χ1n) is 10.8. The molecule has 1 N–H and O–H groups in total. The predicted octanol–water partition coefficient (Wildman–Crippen LogP) is 5.14. The van der Waals surface area contributed by atoms with Crippen molar-refractivity contribution in [2.45, 2.75) is 12.6 Å². The smallest absolute Gasteiger partial charge is 0.250 e. The van der Waals surface area contributed by atoms with Crippen LogP contribution in [0.25, 0.3) is 16.9 Å². The summed E-state index contributed by atoms with van der Waals surface area (Å²) in [5, 5.41) is 14.9. The number of phenolic OH excluding ortho intramolecular Hbond substituents is 1. The van der Waals surface area contributed by atoms with Crippen LogP contribution in [0.3, 0.4) is 0 Å². The highest BCUT2D eigenvalue weighted by Crippen LogP contribution is 2.35. The molecule has 0 radical (unpaired) electrons. The summed E-state index contributed by atoms with van der Waals surface area (Å²) in [5.74, 6) is -0.248. The van der Waals surface area contributed by atoms with Crippen LogP contribution in [0.15, 0.2) is 79.0 Å². The standard InChI is InChI=1S/C26H21ClFN3O3/c27-19-5-3-18(4-6-19)25-23(15-31(29-25)21-9-7-20(28)8-10-21)26-30(24(33)16-34-26)14-13-17-1-11-22(32)12-2-17/h1-12,15,26,32H,13-14,16H2. The fourth-order valence-electron chi connectivity index (χ4n) is 3.99. The fourth-order valence-corrected chi connectivity index (χ4v) is 4.12. The van der Waals surface area contributed by atoms with E-state index in [1.54, 1.807) is 46.0 Å². The maximum atomic E-state index is 13.5. The van der Waals surface area contributed by atoms with Gasteiger partial charge in [-0.2, -0.15) is 5.10 Å². The highest BCUT2D eigenvalue weighted by Gasteiger charge is 2.36. The van der Waals surface area contributed by atoms with Gasteiger partial charge in [-0.1, -0.05) is 35.9 Å². The maximum Gasteiger partial charge on any atom is 0.250 e. The Hall–Kier alpha value is -3.68. The van der Waals surface area contributed by atoms with E-state index in [9.17, 15) is 14.3 Å². The van der Waals surface area contributed by atoms with Gasteiger partial charge in [-0.3, -0.25) is 4.79 Å². The summed E-state index contributed by atoms with van der Waals surface area (Å²) in [5.41, 5.74) is 3.87. The lowest BCUT2D eigenvalue weighted by Gasteiger charge is -2.23. The average Bonchev–Trinajstić information content (AvgIpc) is 3.43. The zero-order chi connectivity index (χ0) is 23.7. The summed E-state index contributed by atoms with van der Waals surface area (Å²) in [6.07, 6.45) is 1.80. The molecule has 5 rings (SSSR count). The number of carbonyl (C=O) groups excluding carboxylic acids is 1. The normalized spacial score (nSPS) is 15.8. The minimum absolute atomic E-state index is 0.0258. The second-order valence-electron chi connectivity index (χ2n) is 8.03. The van der Waals surface area contributed by atoms with Crippen molar-refractivity contribution in [1.82, 2.24) is 14.7 Å². The van der Waals surface area contributed by atoms with Crippen LogP contribution in [0.5, 0.6) is 5.75 Å². The molecular weight excluding hydrogens is 457 g/mol. The van der Waals surface area contributed by atoms with Crippen molar-refractivity contribution in [3.05, 3.63) is 101 Å². The van der Waals surface area contributed by atoms with E-state index in [1.165, 1.54) is 12.1 Å². The van der Waals surface area contributed by atoms with Gasteiger partial charge in [-0.15, -0.1) is 0 Å². The first-order valence-corrected chi connectivity index (χ1v) is 11.2. The molecule has 1 unspecified atom stereocenters. The van der Waals surface area contributed by atoms with E-state index in [2.05, 4.69) is 0 Å². The second-order valence-corrected chi connectivity index (χ2v) is 8.46. The molecule has 1 fully saturated rings. The van der Waals surface area contributed by atoms with Crippen LogP contribution in [0.4, 0.5) is 4.39 Å². The number of ether oxygens (including phenoxy) is 1. The lowest BCUT2D eigenvalue weighted by atomic mass is 10.1. The van der Waals surface area contributed by atoms with Crippen LogP contribution in [-0.4, -0.2) is 38.8 Å². The highest BCUT2D eigenvalue weighted by molar-refractivity contribution is 6.30. The molecule has 0 spiro atoms. The summed E-state index contributed by atoms with van der Waals surface area (Å²) in [7, 11) is 0. The van der Waals surface area contributed by atoms with Gasteiger partial charge in [-0.25, -0.2) is 9.07 Å². The Morgan fingerprint density at radius 1 is 1.03 bits per heavy atom. The molecule has 6 nitrogen and oxygen atoms in total. The molecule has 1 amide bonds. The minimum atomic E-state index is -0.621. The second kappa shape index (κ2) is 9.29. The number of rotatable bonds is 6. The molecule has 8 heteroatoms. The first kappa shape index (κ1) is 22.1. The van der Waals surface area contributed by atoms with Crippen LogP contribution in [0.2, 0.25) is 5.02 Å². The van der Waals surface area contributed by atoms with E-state index in [1.807, 2.05) is 30.5 Å². The number of nitrogens with zero attached hydrogens (tertiary/aromatic N) is 3. The van der Waals surface area contributed by atoms with E-state index in [4.69, 9.17) is 21.4 Å². The predicted molar refractivity (Wildman–Crippen MR) is 126 cm³/mol. The monoisotopic (exact) mass is 477 g/mol. The Morgan fingerprint density at radius 2 is 1.74 bits per heavy atom. The topological polar surface area (TPSA) is 67.6 Å². The number of phenols is 1. The van der Waals surface area contributed by atoms with Gasteiger partial charge in [0.25, 0.3) is 5.91 Å². The highest BCUT2D eigenvalue weighted by atomic mass is 35.5. The Kier molecular flexibility index (Phi) is 6.04. The Balaban J connectivity index is 1.50. The van der Waals surface area contributed by atoms with E-state index in [0.29, 0.717) is 29.4 Å². The van der Waals surface area contributed by atoms with Crippen molar-refractivity contribution in [3.8, 4) is 22.7 Å². The minimum Gasteiger partial charge on any atom is -0.508 e. The molecule has 172 valence electrons. The molecule has 0 bridgehead atoms. The van der Waals surface area contributed by atoms with Gasteiger partial charge in [0.1, 0.15) is 23.9 Å². The van der Waals surface area contributed by atoms with E-state index < -0.39 is 6.23 Å². The molecule has 34 heavy (non-hydrogen) atoms. The molecule has 3 aromatic carbocycles. The van der Waals surface area contributed by atoms with Crippen molar-refractivity contribution in [2.75, 3.05) is 13.2 Å². The van der Waals surface area contributed by atoms with E-state index >= 15 is 0 Å². The molecule has 1 atom stereocenters.